The number of carbonyl (C=O) groups is 1. The van der Waals surface area contributed by atoms with Gasteiger partial charge in [0.25, 0.3) is 5.91 Å². The molecule has 0 radical (unpaired) electrons. The molecule has 5 nitrogen and oxygen atoms in total. The molecule has 5 rings (SSSR count). The third-order valence-electron chi connectivity index (χ3n) is 5.69. The number of carbonyl (C=O) groups excluding carboxylic acids is 1. The number of halogens is 1. The standard InChI is InChI=1S/C29H23ClN4OS/c1-18-15-19(2)28(24(30)16-18)32-29(35)23-8-3-4-9-27(23)36-21-11-12-22-25(33-34-26(22)17-21)13-10-20-7-5-6-14-31-20/h3-17H,1-2H3,(H,32,35)(H,33,34)/b13-10+. The summed E-state index contributed by atoms with van der Waals surface area (Å²) in [6.07, 6.45) is 5.65. The van der Waals surface area contributed by atoms with E-state index in [4.69, 9.17) is 11.6 Å². The summed E-state index contributed by atoms with van der Waals surface area (Å²) in [7, 11) is 0. The maximum absolute atomic E-state index is 13.2. The Balaban J connectivity index is 1.38. The van der Waals surface area contributed by atoms with Gasteiger partial charge >= 0.3 is 0 Å². The number of hydrogen-bond acceptors (Lipinski definition) is 4. The molecule has 2 heterocycles. The normalized spacial score (nSPS) is 11.3. The largest absolute Gasteiger partial charge is 0.320 e. The van der Waals surface area contributed by atoms with Gasteiger partial charge in [-0.3, -0.25) is 14.9 Å². The number of amides is 1. The Morgan fingerprint density at radius 2 is 1.83 bits per heavy atom. The predicted octanol–water partition coefficient (Wildman–Crippen LogP) is 7.80. The molecule has 178 valence electrons. The molecule has 0 saturated carbocycles. The number of H-pyrrole nitrogens is 1. The van der Waals surface area contributed by atoms with E-state index in [0.717, 1.165) is 43.2 Å². The van der Waals surface area contributed by atoms with E-state index < -0.39 is 0 Å². The molecule has 0 atom stereocenters. The number of benzene rings is 3. The van der Waals surface area contributed by atoms with Crippen LogP contribution in [0.1, 0.15) is 32.9 Å². The van der Waals surface area contributed by atoms with Crippen molar-refractivity contribution < 1.29 is 4.79 Å². The third kappa shape index (κ3) is 5.20. The molecule has 0 saturated heterocycles. The summed E-state index contributed by atoms with van der Waals surface area (Å²) in [4.78, 5) is 19.4. The third-order valence-corrected chi connectivity index (χ3v) is 7.06. The number of anilines is 1. The SMILES string of the molecule is Cc1cc(C)c(NC(=O)c2ccccc2Sc2ccc3c(/C=C/c4ccccn4)n[nH]c3c2)c(Cl)c1. The van der Waals surface area contributed by atoms with Gasteiger partial charge in [0.15, 0.2) is 0 Å². The van der Waals surface area contributed by atoms with Gasteiger partial charge in [-0.2, -0.15) is 5.10 Å². The van der Waals surface area contributed by atoms with Crippen molar-refractivity contribution in [2.75, 3.05) is 5.32 Å². The second-order valence-electron chi connectivity index (χ2n) is 8.40. The highest BCUT2D eigenvalue weighted by Gasteiger charge is 2.16. The molecule has 0 aliphatic rings. The van der Waals surface area contributed by atoms with Crippen LogP contribution in [0.2, 0.25) is 5.02 Å². The summed E-state index contributed by atoms with van der Waals surface area (Å²) in [5.41, 5.74) is 5.84. The average molecular weight is 511 g/mol. The Hall–Kier alpha value is -3.87. The molecular weight excluding hydrogens is 488 g/mol. The monoisotopic (exact) mass is 510 g/mol. The number of nitrogens with one attached hydrogen (secondary N) is 2. The predicted molar refractivity (Wildman–Crippen MR) is 149 cm³/mol. The molecule has 36 heavy (non-hydrogen) atoms. The van der Waals surface area contributed by atoms with Crippen molar-refractivity contribution in [1.82, 2.24) is 15.2 Å². The number of aryl methyl sites for hydroxylation is 2. The lowest BCUT2D eigenvalue weighted by Crippen LogP contribution is -2.14. The van der Waals surface area contributed by atoms with E-state index in [1.807, 2.05) is 98.8 Å². The molecule has 0 bridgehead atoms. The lowest BCUT2D eigenvalue weighted by molar-refractivity contribution is 0.102. The van der Waals surface area contributed by atoms with Crippen LogP contribution in [0, 0.1) is 13.8 Å². The smallest absolute Gasteiger partial charge is 0.256 e. The van der Waals surface area contributed by atoms with Crippen LogP contribution in [-0.2, 0) is 0 Å². The van der Waals surface area contributed by atoms with Crippen LogP contribution in [0.4, 0.5) is 5.69 Å². The minimum atomic E-state index is -0.198. The summed E-state index contributed by atoms with van der Waals surface area (Å²) in [5, 5.41) is 12.1. The average Bonchev–Trinajstić information content (AvgIpc) is 3.28. The van der Waals surface area contributed by atoms with Crippen LogP contribution in [0.25, 0.3) is 23.1 Å². The summed E-state index contributed by atoms with van der Waals surface area (Å²) in [6.45, 7) is 3.92. The van der Waals surface area contributed by atoms with Gasteiger partial charge in [0, 0.05) is 21.4 Å². The van der Waals surface area contributed by atoms with Crippen molar-refractivity contribution >= 4 is 58.0 Å². The zero-order valence-corrected chi connectivity index (χ0v) is 21.3. The fourth-order valence-corrected chi connectivity index (χ4v) is 5.33. The molecule has 3 aromatic carbocycles. The Morgan fingerprint density at radius 3 is 2.64 bits per heavy atom. The zero-order valence-electron chi connectivity index (χ0n) is 19.7. The molecule has 0 aliphatic heterocycles. The van der Waals surface area contributed by atoms with Gasteiger partial charge in [0.2, 0.25) is 0 Å². The first-order valence-corrected chi connectivity index (χ1v) is 12.6. The minimum absolute atomic E-state index is 0.198. The van der Waals surface area contributed by atoms with Crippen molar-refractivity contribution in [2.45, 2.75) is 23.6 Å². The van der Waals surface area contributed by atoms with Gasteiger partial charge in [-0.15, -0.1) is 0 Å². The molecule has 0 spiro atoms. The lowest BCUT2D eigenvalue weighted by atomic mass is 10.1. The summed E-state index contributed by atoms with van der Waals surface area (Å²) in [5.74, 6) is -0.198. The molecule has 0 fully saturated rings. The van der Waals surface area contributed by atoms with E-state index in [2.05, 4.69) is 20.5 Å². The maximum Gasteiger partial charge on any atom is 0.256 e. The second kappa shape index (κ2) is 10.4. The van der Waals surface area contributed by atoms with Crippen LogP contribution in [0.15, 0.2) is 88.8 Å². The van der Waals surface area contributed by atoms with Crippen molar-refractivity contribution in [3.8, 4) is 0 Å². The molecule has 0 aliphatic carbocycles. The zero-order chi connectivity index (χ0) is 25.1. The van der Waals surface area contributed by atoms with Gasteiger partial charge in [-0.05, 0) is 85.7 Å². The number of pyridine rings is 1. The van der Waals surface area contributed by atoms with Crippen molar-refractivity contribution in [3.63, 3.8) is 0 Å². The Labute approximate surface area is 218 Å². The van der Waals surface area contributed by atoms with Gasteiger partial charge in [0.05, 0.1) is 33.2 Å². The first-order chi connectivity index (χ1) is 17.5. The van der Waals surface area contributed by atoms with Gasteiger partial charge in [-0.25, -0.2) is 0 Å². The van der Waals surface area contributed by atoms with Crippen LogP contribution < -0.4 is 5.32 Å². The Morgan fingerprint density at radius 1 is 1.00 bits per heavy atom. The first-order valence-electron chi connectivity index (χ1n) is 11.4. The van der Waals surface area contributed by atoms with Crippen LogP contribution in [0.5, 0.6) is 0 Å². The van der Waals surface area contributed by atoms with Crippen LogP contribution in [0.3, 0.4) is 0 Å². The number of aromatic nitrogens is 3. The number of aromatic amines is 1. The van der Waals surface area contributed by atoms with Crippen LogP contribution in [-0.4, -0.2) is 21.1 Å². The highest BCUT2D eigenvalue weighted by molar-refractivity contribution is 7.99. The van der Waals surface area contributed by atoms with Crippen molar-refractivity contribution in [1.29, 1.82) is 0 Å². The molecule has 7 heteroatoms. The van der Waals surface area contributed by atoms with E-state index in [1.54, 1.807) is 6.20 Å². The fourth-order valence-electron chi connectivity index (χ4n) is 3.97. The molecule has 1 amide bonds. The number of rotatable bonds is 6. The Bertz CT molecular complexity index is 1570. The lowest BCUT2D eigenvalue weighted by Gasteiger charge is -2.13. The van der Waals surface area contributed by atoms with E-state index in [9.17, 15) is 4.79 Å². The highest BCUT2D eigenvalue weighted by atomic mass is 35.5. The first kappa shape index (κ1) is 23.9. The molecular formula is C29H23ClN4OS. The highest BCUT2D eigenvalue weighted by Crippen LogP contribution is 2.34. The summed E-state index contributed by atoms with van der Waals surface area (Å²) in [6, 6.07) is 23.3. The number of fused-ring (bicyclic) bond motifs is 1. The molecule has 2 N–H and O–H groups in total. The summed E-state index contributed by atoms with van der Waals surface area (Å²) < 4.78 is 0. The number of nitrogens with zero attached hydrogens (tertiary/aromatic N) is 2. The van der Waals surface area contributed by atoms with E-state index in [0.29, 0.717) is 16.3 Å². The van der Waals surface area contributed by atoms with Gasteiger partial charge in [-0.1, -0.05) is 47.6 Å². The fraction of sp³-hybridized carbons (Fsp3) is 0.0690. The second-order valence-corrected chi connectivity index (χ2v) is 9.92. The van der Waals surface area contributed by atoms with Gasteiger partial charge in [0.1, 0.15) is 0 Å². The van der Waals surface area contributed by atoms with Crippen LogP contribution >= 0.6 is 23.4 Å². The maximum atomic E-state index is 13.2. The Kier molecular flexibility index (Phi) is 6.89. The number of hydrogen-bond donors (Lipinski definition) is 2. The summed E-state index contributed by atoms with van der Waals surface area (Å²) >= 11 is 7.94. The van der Waals surface area contributed by atoms with E-state index >= 15 is 0 Å². The molecule has 5 aromatic rings. The van der Waals surface area contributed by atoms with Gasteiger partial charge < -0.3 is 5.32 Å². The topological polar surface area (TPSA) is 70.7 Å². The molecule has 2 aromatic heterocycles. The quantitative estimate of drug-likeness (QED) is 0.244. The molecule has 0 unspecified atom stereocenters. The van der Waals surface area contributed by atoms with E-state index in [-0.39, 0.29) is 5.91 Å². The van der Waals surface area contributed by atoms with Crippen molar-refractivity contribution in [2.24, 2.45) is 0 Å². The van der Waals surface area contributed by atoms with E-state index in [1.165, 1.54) is 11.8 Å². The minimum Gasteiger partial charge on any atom is -0.320 e. The van der Waals surface area contributed by atoms with Crippen molar-refractivity contribution in [3.05, 3.63) is 112 Å².